The van der Waals surface area contributed by atoms with Crippen molar-refractivity contribution in [2.75, 3.05) is 6.54 Å². The molecule has 1 N–H and O–H groups in total. The number of rotatable bonds is 1. The van der Waals surface area contributed by atoms with Gasteiger partial charge in [0.05, 0.1) is 0 Å². The second kappa shape index (κ2) is 5.18. The van der Waals surface area contributed by atoms with Crippen LogP contribution in [0.3, 0.4) is 0 Å². The van der Waals surface area contributed by atoms with Crippen molar-refractivity contribution in [3.63, 3.8) is 0 Å². The van der Waals surface area contributed by atoms with Gasteiger partial charge in [-0.3, -0.25) is 4.79 Å². The molecular formula is C16H12BrClN2O2. The van der Waals surface area contributed by atoms with Gasteiger partial charge in [0.1, 0.15) is 0 Å². The molecule has 1 aromatic carbocycles. The first kappa shape index (κ1) is 13.9. The van der Waals surface area contributed by atoms with Crippen molar-refractivity contribution >= 4 is 44.3 Å². The van der Waals surface area contributed by atoms with E-state index in [1.165, 1.54) is 5.69 Å². The lowest BCUT2D eigenvalue weighted by atomic mass is 10.0. The smallest absolute Gasteiger partial charge is 0.289 e. The maximum Gasteiger partial charge on any atom is 0.289 e. The largest absolute Gasteiger partial charge is 0.444 e. The molecule has 1 aliphatic rings. The lowest BCUT2D eigenvalue weighted by Gasteiger charge is -2.26. The normalized spacial score (nSPS) is 14.4. The summed E-state index contributed by atoms with van der Waals surface area (Å²) in [4.78, 5) is 17.7. The van der Waals surface area contributed by atoms with Crippen LogP contribution in [0.2, 0.25) is 5.02 Å². The minimum Gasteiger partial charge on any atom is -0.444 e. The molecule has 1 amide bonds. The van der Waals surface area contributed by atoms with E-state index in [2.05, 4.69) is 20.9 Å². The standard InChI is InChI=1S/C16H12BrClN2O2/c17-15-4-3-14(22-15)16(21)20-6-5-13-11(8-20)10-7-9(18)1-2-12(10)19-13/h1-4,7,19H,5-6,8H2. The fourth-order valence-electron chi connectivity index (χ4n) is 2.94. The van der Waals surface area contributed by atoms with Gasteiger partial charge in [-0.15, -0.1) is 0 Å². The van der Waals surface area contributed by atoms with E-state index in [1.54, 1.807) is 12.1 Å². The summed E-state index contributed by atoms with van der Waals surface area (Å²) in [5.41, 5.74) is 3.38. The molecule has 4 nitrogen and oxygen atoms in total. The van der Waals surface area contributed by atoms with Crippen LogP contribution in [-0.2, 0) is 13.0 Å². The number of nitrogens with zero attached hydrogens (tertiary/aromatic N) is 1. The average molecular weight is 380 g/mol. The lowest BCUT2D eigenvalue weighted by molar-refractivity contribution is 0.0701. The molecule has 0 saturated heterocycles. The molecule has 3 heterocycles. The molecular weight excluding hydrogens is 368 g/mol. The molecule has 0 saturated carbocycles. The predicted molar refractivity (Wildman–Crippen MR) is 88.2 cm³/mol. The van der Waals surface area contributed by atoms with Crippen LogP contribution >= 0.6 is 27.5 Å². The lowest BCUT2D eigenvalue weighted by Crippen LogP contribution is -2.35. The topological polar surface area (TPSA) is 49.2 Å². The molecule has 112 valence electrons. The summed E-state index contributed by atoms with van der Waals surface area (Å²) in [5.74, 6) is 0.265. The quantitative estimate of drug-likeness (QED) is 0.682. The van der Waals surface area contributed by atoms with E-state index in [1.807, 2.05) is 23.1 Å². The van der Waals surface area contributed by atoms with Crippen LogP contribution < -0.4 is 0 Å². The number of halogens is 2. The van der Waals surface area contributed by atoms with Gasteiger partial charge in [-0.1, -0.05) is 11.6 Å². The Bertz CT molecular complexity index is 884. The number of hydrogen-bond donors (Lipinski definition) is 1. The molecule has 0 bridgehead atoms. The van der Waals surface area contributed by atoms with Gasteiger partial charge in [0.15, 0.2) is 10.4 Å². The highest BCUT2D eigenvalue weighted by atomic mass is 79.9. The van der Waals surface area contributed by atoms with Gasteiger partial charge in [0.25, 0.3) is 5.91 Å². The van der Waals surface area contributed by atoms with Crippen molar-refractivity contribution < 1.29 is 9.21 Å². The van der Waals surface area contributed by atoms with Crippen LogP contribution in [0.15, 0.2) is 39.4 Å². The van der Waals surface area contributed by atoms with Gasteiger partial charge in [0.2, 0.25) is 0 Å². The van der Waals surface area contributed by atoms with Crippen LogP contribution in [0, 0.1) is 0 Å². The molecule has 0 unspecified atom stereocenters. The van der Waals surface area contributed by atoms with Gasteiger partial charge in [-0.05, 0) is 46.3 Å². The van der Waals surface area contributed by atoms with Crippen molar-refractivity contribution in [1.82, 2.24) is 9.88 Å². The van der Waals surface area contributed by atoms with E-state index in [0.717, 1.165) is 22.9 Å². The number of aromatic nitrogens is 1. The van der Waals surface area contributed by atoms with E-state index in [9.17, 15) is 4.79 Å². The summed E-state index contributed by atoms with van der Waals surface area (Å²) in [6.45, 7) is 1.23. The van der Waals surface area contributed by atoms with E-state index in [-0.39, 0.29) is 5.91 Å². The fourth-order valence-corrected chi connectivity index (χ4v) is 3.42. The van der Waals surface area contributed by atoms with Crippen LogP contribution in [0.1, 0.15) is 21.8 Å². The second-order valence-corrected chi connectivity index (χ2v) is 6.57. The third-order valence-electron chi connectivity index (χ3n) is 4.01. The Hall–Kier alpha value is -1.72. The summed E-state index contributed by atoms with van der Waals surface area (Å²) >= 11 is 9.33. The summed E-state index contributed by atoms with van der Waals surface area (Å²) < 4.78 is 5.93. The van der Waals surface area contributed by atoms with Crippen LogP contribution in [0.5, 0.6) is 0 Å². The van der Waals surface area contributed by atoms with Crippen molar-refractivity contribution in [2.24, 2.45) is 0 Å². The second-order valence-electron chi connectivity index (χ2n) is 5.35. The Labute approximate surface area is 140 Å². The van der Waals surface area contributed by atoms with Gasteiger partial charge in [0, 0.05) is 46.7 Å². The SMILES string of the molecule is O=C(c1ccc(Br)o1)N1CCc2[nH]c3ccc(Cl)cc3c2C1. The number of aromatic amines is 1. The maximum atomic E-state index is 12.5. The van der Waals surface area contributed by atoms with E-state index in [0.29, 0.717) is 28.5 Å². The first-order valence-corrected chi connectivity index (χ1v) is 8.12. The summed E-state index contributed by atoms with van der Waals surface area (Å²) in [7, 11) is 0. The number of hydrogen-bond acceptors (Lipinski definition) is 2. The summed E-state index contributed by atoms with van der Waals surface area (Å²) in [6, 6.07) is 9.21. The zero-order chi connectivity index (χ0) is 15.3. The molecule has 22 heavy (non-hydrogen) atoms. The predicted octanol–water partition coefficient (Wildman–Crippen LogP) is 4.38. The Kier molecular flexibility index (Phi) is 3.27. The Morgan fingerprint density at radius 2 is 2.18 bits per heavy atom. The minimum atomic E-state index is -0.0901. The van der Waals surface area contributed by atoms with Gasteiger partial charge in [-0.2, -0.15) is 0 Å². The first-order valence-electron chi connectivity index (χ1n) is 6.95. The molecule has 6 heteroatoms. The number of amides is 1. The highest BCUT2D eigenvalue weighted by Crippen LogP contribution is 2.30. The van der Waals surface area contributed by atoms with Crippen molar-refractivity contribution in [1.29, 1.82) is 0 Å². The molecule has 0 radical (unpaired) electrons. The molecule has 0 spiro atoms. The number of furan rings is 1. The van der Waals surface area contributed by atoms with Gasteiger partial charge >= 0.3 is 0 Å². The Morgan fingerprint density at radius 1 is 1.32 bits per heavy atom. The fraction of sp³-hybridized carbons (Fsp3) is 0.188. The van der Waals surface area contributed by atoms with Crippen molar-refractivity contribution in [3.8, 4) is 0 Å². The zero-order valence-electron chi connectivity index (χ0n) is 11.5. The van der Waals surface area contributed by atoms with Crippen LogP contribution in [0.4, 0.5) is 0 Å². The Morgan fingerprint density at radius 3 is 2.95 bits per heavy atom. The molecule has 0 atom stereocenters. The number of carbonyl (C=O) groups excluding carboxylic acids is 1. The molecule has 3 aromatic rings. The van der Waals surface area contributed by atoms with Crippen LogP contribution in [-0.4, -0.2) is 22.3 Å². The number of nitrogens with one attached hydrogen (secondary N) is 1. The average Bonchev–Trinajstić information content (AvgIpc) is 3.09. The molecule has 0 fully saturated rings. The maximum absolute atomic E-state index is 12.5. The number of fused-ring (bicyclic) bond motifs is 3. The van der Waals surface area contributed by atoms with E-state index in [4.69, 9.17) is 16.0 Å². The summed E-state index contributed by atoms with van der Waals surface area (Å²) in [6.07, 6.45) is 0.801. The number of carbonyl (C=O) groups is 1. The number of H-pyrrole nitrogens is 1. The third kappa shape index (κ3) is 2.25. The first-order chi connectivity index (χ1) is 10.6. The molecule has 1 aliphatic heterocycles. The molecule has 2 aromatic heterocycles. The molecule has 0 aliphatic carbocycles. The van der Waals surface area contributed by atoms with Crippen molar-refractivity contribution in [3.05, 3.63) is 57.0 Å². The van der Waals surface area contributed by atoms with Crippen molar-refractivity contribution in [2.45, 2.75) is 13.0 Å². The third-order valence-corrected chi connectivity index (χ3v) is 4.67. The highest BCUT2D eigenvalue weighted by molar-refractivity contribution is 9.10. The van der Waals surface area contributed by atoms with Gasteiger partial charge in [-0.25, -0.2) is 0 Å². The van der Waals surface area contributed by atoms with Crippen LogP contribution in [0.25, 0.3) is 10.9 Å². The minimum absolute atomic E-state index is 0.0901. The van der Waals surface area contributed by atoms with Gasteiger partial charge < -0.3 is 14.3 Å². The number of benzene rings is 1. The summed E-state index contributed by atoms with van der Waals surface area (Å²) in [5, 5.41) is 1.79. The zero-order valence-corrected chi connectivity index (χ0v) is 13.9. The Balaban J connectivity index is 1.70. The van der Waals surface area contributed by atoms with E-state index >= 15 is 0 Å². The highest BCUT2D eigenvalue weighted by Gasteiger charge is 2.26. The molecule has 4 rings (SSSR count). The van der Waals surface area contributed by atoms with E-state index < -0.39 is 0 Å². The monoisotopic (exact) mass is 378 g/mol.